The maximum absolute atomic E-state index is 6.02. The molecule has 0 aliphatic heterocycles. The first-order valence-corrected chi connectivity index (χ1v) is 4.74. The molecule has 4 heteroatoms. The third-order valence-corrected chi connectivity index (χ3v) is 2.77. The van der Waals surface area contributed by atoms with Crippen molar-refractivity contribution < 1.29 is 0 Å². The molecule has 1 unspecified atom stereocenters. The van der Waals surface area contributed by atoms with Gasteiger partial charge in [0.25, 0.3) is 0 Å². The normalized spacial score (nSPS) is 12.7. The first kappa shape index (κ1) is 10.6. The van der Waals surface area contributed by atoms with Gasteiger partial charge in [0.2, 0.25) is 0 Å². The van der Waals surface area contributed by atoms with Gasteiger partial charge in [0.05, 0.1) is 15.7 Å². The van der Waals surface area contributed by atoms with Crippen LogP contribution in [0.15, 0.2) is 12.1 Å². The van der Waals surface area contributed by atoms with Crippen molar-refractivity contribution in [3.8, 4) is 0 Å². The molecule has 1 aromatic carbocycles. The number of benzene rings is 1. The molecule has 0 fully saturated rings. The summed E-state index contributed by atoms with van der Waals surface area (Å²) in [6.07, 6.45) is 0. The zero-order valence-corrected chi connectivity index (χ0v) is 9.08. The second-order valence-corrected chi connectivity index (χ2v) is 3.62. The van der Waals surface area contributed by atoms with Crippen LogP contribution in [-0.2, 0) is 0 Å². The van der Waals surface area contributed by atoms with E-state index in [1.54, 1.807) is 7.05 Å². The summed E-state index contributed by atoms with van der Waals surface area (Å²) in [7, 11) is 1.79. The second kappa shape index (κ2) is 4.18. The average molecular weight is 219 g/mol. The lowest BCUT2D eigenvalue weighted by atomic mass is 10.1. The van der Waals surface area contributed by atoms with E-state index in [0.717, 1.165) is 11.3 Å². The van der Waals surface area contributed by atoms with E-state index < -0.39 is 0 Å². The van der Waals surface area contributed by atoms with Gasteiger partial charge in [-0.1, -0.05) is 29.3 Å². The topological polar surface area (TPSA) is 38.0 Å². The molecule has 0 saturated carbocycles. The minimum Gasteiger partial charge on any atom is -0.387 e. The van der Waals surface area contributed by atoms with Gasteiger partial charge >= 0.3 is 0 Å². The molecule has 0 heterocycles. The van der Waals surface area contributed by atoms with E-state index in [1.165, 1.54) is 0 Å². The summed E-state index contributed by atoms with van der Waals surface area (Å²) >= 11 is 12.0. The van der Waals surface area contributed by atoms with Gasteiger partial charge in [-0.2, -0.15) is 0 Å². The summed E-state index contributed by atoms with van der Waals surface area (Å²) in [5.41, 5.74) is 7.39. The molecule has 0 amide bonds. The smallest absolute Gasteiger partial charge is 0.0826 e. The fourth-order valence-electron chi connectivity index (χ4n) is 1.11. The Morgan fingerprint density at radius 2 is 1.92 bits per heavy atom. The standard InChI is InChI=1S/C9H12Cl2N2/c1-5(12)6-3-4-7(13-2)9(11)8(6)10/h3-5,13H,12H2,1-2H3. The quantitative estimate of drug-likeness (QED) is 0.802. The summed E-state index contributed by atoms with van der Waals surface area (Å²) < 4.78 is 0. The highest BCUT2D eigenvalue weighted by molar-refractivity contribution is 6.44. The molecule has 0 radical (unpaired) electrons. The fourth-order valence-corrected chi connectivity index (χ4v) is 1.71. The van der Waals surface area contributed by atoms with Crippen LogP contribution in [-0.4, -0.2) is 7.05 Å². The van der Waals surface area contributed by atoms with E-state index in [2.05, 4.69) is 5.32 Å². The highest BCUT2D eigenvalue weighted by Gasteiger charge is 2.11. The van der Waals surface area contributed by atoms with Crippen LogP contribution >= 0.6 is 23.2 Å². The largest absolute Gasteiger partial charge is 0.387 e. The van der Waals surface area contributed by atoms with E-state index in [4.69, 9.17) is 28.9 Å². The Bertz CT molecular complexity index is 311. The highest BCUT2D eigenvalue weighted by atomic mass is 35.5. The summed E-state index contributed by atoms with van der Waals surface area (Å²) in [5, 5.41) is 4.00. The molecule has 3 N–H and O–H groups in total. The maximum Gasteiger partial charge on any atom is 0.0826 e. The molecule has 0 spiro atoms. The van der Waals surface area contributed by atoms with Crippen molar-refractivity contribution in [3.05, 3.63) is 27.7 Å². The molecule has 1 atom stereocenters. The number of halogens is 2. The lowest BCUT2D eigenvalue weighted by Gasteiger charge is -2.12. The van der Waals surface area contributed by atoms with Gasteiger partial charge in [0.15, 0.2) is 0 Å². The van der Waals surface area contributed by atoms with Crippen LogP contribution < -0.4 is 11.1 Å². The van der Waals surface area contributed by atoms with Crippen molar-refractivity contribution in [3.63, 3.8) is 0 Å². The van der Waals surface area contributed by atoms with Crippen LogP contribution in [0.5, 0.6) is 0 Å². The van der Waals surface area contributed by atoms with Gasteiger partial charge < -0.3 is 11.1 Å². The van der Waals surface area contributed by atoms with E-state index >= 15 is 0 Å². The number of rotatable bonds is 2. The van der Waals surface area contributed by atoms with E-state index in [9.17, 15) is 0 Å². The molecule has 13 heavy (non-hydrogen) atoms. The molecule has 0 aliphatic carbocycles. The summed E-state index contributed by atoms with van der Waals surface area (Å²) in [6.45, 7) is 1.87. The van der Waals surface area contributed by atoms with E-state index in [1.807, 2.05) is 19.1 Å². The average Bonchev–Trinajstić information content (AvgIpc) is 2.09. The molecule has 0 bridgehead atoms. The number of hydrogen-bond donors (Lipinski definition) is 2. The predicted molar refractivity (Wildman–Crippen MR) is 58.6 cm³/mol. The summed E-state index contributed by atoms with van der Waals surface area (Å²) in [6, 6.07) is 3.65. The fraction of sp³-hybridized carbons (Fsp3) is 0.333. The lowest BCUT2D eigenvalue weighted by Crippen LogP contribution is -2.06. The Morgan fingerprint density at radius 1 is 1.31 bits per heavy atom. The summed E-state index contributed by atoms with van der Waals surface area (Å²) in [4.78, 5) is 0. The van der Waals surface area contributed by atoms with Crippen LogP contribution in [0.3, 0.4) is 0 Å². The molecular weight excluding hydrogens is 207 g/mol. The van der Waals surface area contributed by atoms with Crippen molar-refractivity contribution in [2.24, 2.45) is 5.73 Å². The van der Waals surface area contributed by atoms with Crippen LogP contribution in [0.1, 0.15) is 18.5 Å². The number of anilines is 1. The Morgan fingerprint density at radius 3 is 2.38 bits per heavy atom. The molecular formula is C9H12Cl2N2. The number of hydrogen-bond acceptors (Lipinski definition) is 2. The van der Waals surface area contributed by atoms with Crippen LogP contribution in [0.25, 0.3) is 0 Å². The van der Waals surface area contributed by atoms with Gasteiger partial charge in [-0.25, -0.2) is 0 Å². The van der Waals surface area contributed by atoms with Gasteiger partial charge in [-0.05, 0) is 18.6 Å². The van der Waals surface area contributed by atoms with Gasteiger partial charge in [-0.15, -0.1) is 0 Å². The first-order valence-electron chi connectivity index (χ1n) is 3.99. The van der Waals surface area contributed by atoms with Crippen molar-refractivity contribution >= 4 is 28.9 Å². The Hall–Kier alpha value is -0.440. The van der Waals surface area contributed by atoms with Crippen LogP contribution in [0.4, 0.5) is 5.69 Å². The number of nitrogens with one attached hydrogen (secondary N) is 1. The van der Waals surface area contributed by atoms with E-state index in [-0.39, 0.29) is 6.04 Å². The third kappa shape index (κ3) is 2.08. The minimum absolute atomic E-state index is 0.101. The molecule has 2 nitrogen and oxygen atoms in total. The molecule has 0 aliphatic rings. The van der Waals surface area contributed by atoms with E-state index in [0.29, 0.717) is 10.0 Å². The molecule has 1 rings (SSSR count). The molecule has 0 aromatic heterocycles. The zero-order chi connectivity index (χ0) is 10.0. The second-order valence-electron chi connectivity index (χ2n) is 2.87. The molecule has 72 valence electrons. The Balaban J connectivity index is 3.23. The predicted octanol–water partition coefficient (Wildman–Crippen LogP) is 3.05. The van der Waals surface area contributed by atoms with Crippen LogP contribution in [0, 0.1) is 0 Å². The Kier molecular flexibility index (Phi) is 3.42. The van der Waals surface area contributed by atoms with Crippen molar-refractivity contribution in [2.45, 2.75) is 13.0 Å². The lowest BCUT2D eigenvalue weighted by molar-refractivity contribution is 0.819. The SMILES string of the molecule is CNc1ccc(C(C)N)c(Cl)c1Cl. The van der Waals surface area contributed by atoms with Crippen molar-refractivity contribution in [2.75, 3.05) is 12.4 Å². The summed E-state index contributed by atoms with van der Waals surface area (Å²) in [5.74, 6) is 0. The molecule has 0 saturated heterocycles. The minimum atomic E-state index is -0.101. The maximum atomic E-state index is 6.02. The molecule has 1 aromatic rings. The van der Waals surface area contributed by atoms with Gasteiger partial charge in [0.1, 0.15) is 0 Å². The zero-order valence-electron chi connectivity index (χ0n) is 7.57. The first-order chi connectivity index (χ1) is 6.07. The van der Waals surface area contributed by atoms with Crippen LogP contribution in [0.2, 0.25) is 10.0 Å². The van der Waals surface area contributed by atoms with Crippen molar-refractivity contribution in [1.29, 1.82) is 0 Å². The van der Waals surface area contributed by atoms with Gasteiger partial charge in [-0.3, -0.25) is 0 Å². The number of nitrogens with two attached hydrogens (primary N) is 1. The Labute approximate surface area is 88.0 Å². The van der Waals surface area contributed by atoms with Gasteiger partial charge in [0, 0.05) is 13.1 Å². The highest BCUT2D eigenvalue weighted by Crippen LogP contribution is 2.34. The third-order valence-electron chi connectivity index (χ3n) is 1.87. The van der Waals surface area contributed by atoms with Crippen molar-refractivity contribution in [1.82, 2.24) is 0 Å². The monoisotopic (exact) mass is 218 g/mol.